The smallest absolute Gasteiger partial charge is 0.229 e. The predicted octanol–water partition coefficient (Wildman–Crippen LogP) is 3.39. The van der Waals surface area contributed by atoms with Crippen LogP contribution in [0.15, 0.2) is 48.9 Å². The van der Waals surface area contributed by atoms with E-state index in [9.17, 15) is 13.9 Å². The number of nitrogens with one attached hydrogen (secondary N) is 1. The molecule has 37 heavy (non-hydrogen) atoms. The third-order valence-electron chi connectivity index (χ3n) is 6.79. The van der Waals surface area contributed by atoms with Crippen LogP contribution in [0.2, 0.25) is 0 Å². The summed E-state index contributed by atoms with van der Waals surface area (Å²) in [7, 11) is 0. The molecule has 0 unspecified atom stereocenters. The lowest BCUT2D eigenvalue weighted by Gasteiger charge is -2.36. The molecule has 194 valence electrons. The Labute approximate surface area is 211 Å². The summed E-state index contributed by atoms with van der Waals surface area (Å²) < 4.78 is 36.3. The number of aliphatic hydroxyl groups is 2. The molecule has 0 spiro atoms. The topological polar surface area (TPSA) is 131 Å². The lowest BCUT2D eigenvalue weighted by Crippen LogP contribution is -2.44. The Morgan fingerprint density at radius 3 is 2.68 bits per heavy atom. The van der Waals surface area contributed by atoms with Gasteiger partial charge in [0.05, 0.1) is 47.6 Å². The third kappa shape index (κ3) is 4.97. The molecule has 5 N–H and O–H groups in total. The van der Waals surface area contributed by atoms with Crippen LogP contribution in [-0.2, 0) is 0 Å². The van der Waals surface area contributed by atoms with Gasteiger partial charge in [-0.3, -0.25) is 4.98 Å². The molecule has 0 radical (unpaired) electrons. The average Bonchev–Trinajstić information content (AvgIpc) is 3.27. The molecule has 1 saturated carbocycles. The van der Waals surface area contributed by atoms with E-state index >= 15 is 0 Å². The maximum Gasteiger partial charge on any atom is 0.229 e. The van der Waals surface area contributed by atoms with E-state index in [4.69, 9.17) is 15.6 Å². The van der Waals surface area contributed by atoms with Gasteiger partial charge >= 0.3 is 0 Å². The Bertz CT molecular complexity index is 1380. The van der Waals surface area contributed by atoms with Gasteiger partial charge in [-0.05, 0) is 48.4 Å². The van der Waals surface area contributed by atoms with Gasteiger partial charge in [0.25, 0.3) is 0 Å². The minimum Gasteiger partial charge on any atom is -0.491 e. The van der Waals surface area contributed by atoms with E-state index in [0.29, 0.717) is 23.6 Å². The van der Waals surface area contributed by atoms with Crippen LogP contribution in [0.5, 0.6) is 5.75 Å². The largest absolute Gasteiger partial charge is 0.491 e. The molecule has 1 aromatic carbocycles. The van der Waals surface area contributed by atoms with Crippen molar-refractivity contribution >= 4 is 17.2 Å². The summed E-state index contributed by atoms with van der Waals surface area (Å²) in [5, 5.41) is 26.9. The minimum atomic E-state index is -0.839. The zero-order valence-corrected chi connectivity index (χ0v) is 20.2. The molecule has 0 saturated heterocycles. The lowest BCUT2D eigenvalue weighted by molar-refractivity contribution is 0.0521. The van der Waals surface area contributed by atoms with Crippen molar-refractivity contribution in [3.63, 3.8) is 0 Å². The van der Waals surface area contributed by atoms with Crippen LogP contribution in [0.1, 0.15) is 31.2 Å². The first kappa shape index (κ1) is 25.0. The van der Waals surface area contributed by atoms with Crippen molar-refractivity contribution in [2.45, 2.75) is 37.8 Å². The normalized spacial score (nSPS) is 21.8. The second-order valence-corrected chi connectivity index (χ2v) is 9.36. The van der Waals surface area contributed by atoms with Gasteiger partial charge in [0, 0.05) is 24.4 Å². The highest BCUT2D eigenvalue weighted by atomic mass is 19.1. The van der Waals surface area contributed by atoms with Gasteiger partial charge in [-0.25, -0.2) is 13.8 Å². The molecule has 3 aromatic heterocycles. The first-order valence-electron chi connectivity index (χ1n) is 12.1. The van der Waals surface area contributed by atoms with Crippen LogP contribution in [0, 0.1) is 17.6 Å². The Morgan fingerprint density at radius 2 is 1.95 bits per heavy atom. The second-order valence-electron chi connectivity index (χ2n) is 9.36. The van der Waals surface area contributed by atoms with E-state index in [1.165, 1.54) is 10.6 Å². The number of halogens is 2. The van der Waals surface area contributed by atoms with Crippen molar-refractivity contribution in [3.05, 3.63) is 66.1 Å². The number of pyridine rings is 1. The number of rotatable bonds is 7. The van der Waals surface area contributed by atoms with Gasteiger partial charge in [-0.1, -0.05) is 6.92 Å². The van der Waals surface area contributed by atoms with Gasteiger partial charge in [0.15, 0.2) is 0 Å². The minimum absolute atomic E-state index is 0.0211. The first-order chi connectivity index (χ1) is 17.9. The molecule has 1 fully saturated rings. The fourth-order valence-electron chi connectivity index (χ4n) is 4.96. The molecule has 1 aliphatic rings. The third-order valence-corrected chi connectivity index (χ3v) is 6.79. The SMILES string of the molecule is C[C@H]1C[C@@H](c2ccncc2Nc2ncc3ccc(-c4c(F)cc(OCCO)cc4F)nn23)C[C@@H](N)[C@@H]1O. The van der Waals surface area contributed by atoms with Gasteiger partial charge in [-0.15, -0.1) is 0 Å². The highest BCUT2D eigenvalue weighted by Crippen LogP contribution is 2.39. The van der Waals surface area contributed by atoms with Crippen molar-refractivity contribution in [1.29, 1.82) is 0 Å². The number of benzene rings is 1. The molecule has 9 nitrogen and oxygen atoms in total. The fourth-order valence-corrected chi connectivity index (χ4v) is 4.96. The molecular formula is C26H28F2N6O3. The van der Waals surface area contributed by atoms with Crippen molar-refractivity contribution in [1.82, 2.24) is 19.6 Å². The van der Waals surface area contributed by atoms with Gasteiger partial charge in [0.2, 0.25) is 5.95 Å². The van der Waals surface area contributed by atoms with Crippen LogP contribution >= 0.6 is 0 Å². The van der Waals surface area contributed by atoms with Crippen molar-refractivity contribution in [2.75, 3.05) is 18.5 Å². The first-order valence-corrected chi connectivity index (χ1v) is 12.1. The highest BCUT2D eigenvalue weighted by Gasteiger charge is 2.34. The van der Waals surface area contributed by atoms with E-state index in [1.807, 2.05) is 13.0 Å². The quantitative estimate of drug-likeness (QED) is 0.298. The molecule has 4 atom stereocenters. The monoisotopic (exact) mass is 510 g/mol. The number of anilines is 2. The van der Waals surface area contributed by atoms with Crippen LogP contribution in [-0.4, -0.2) is 55.2 Å². The maximum atomic E-state index is 14.8. The van der Waals surface area contributed by atoms with E-state index < -0.39 is 17.7 Å². The Morgan fingerprint density at radius 1 is 1.16 bits per heavy atom. The molecule has 4 aromatic rings. The molecule has 1 aliphatic carbocycles. The average molecular weight is 511 g/mol. The number of aromatic nitrogens is 4. The summed E-state index contributed by atoms with van der Waals surface area (Å²) in [5.74, 6) is -1.18. The van der Waals surface area contributed by atoms with E-state index in [-0.39, 0.29) is 48.1 Å². The van der Waals surface area contributed by atoms with E-state index in [0.717, 1.165) is 24.1 Å². The molecular weight excluding hydrogens is 482 g/mol. The number of aliphatic hydroxyl groups excluding tert-OH is 2. The lowest BCUT2D eigenvalue weighted by atomic mass is 9.74. The van der Waals surface area contributed by atoms with Crippen LogP contribution < -0.4 is 15.8 Å². The zero-order chi connectivity index (χ0) is 26.1. The number of imidazole rings is 1. The van der Waals surface area contributed by atoms with Crippen LogP contribution in [0.25, 0.3) is 16.8 Å². The van der Waals surface area contributed by atoms with Crippen molar-refractivity contribution in [2.24, 2.45) is 11.7 Å². The van der Waals surface area contributed by atoms with Crippen molar-refractivity contribution in [3.8, 4) is 17.0 Å². The maximum absolute atomic E-state index is 14.8. The Balaban J connectivity index is 1.47. The molecule has 0 amide bonds. The van der Waals surface area contributed by atoms with Gasteiger partial charge in [-0.2, -0.15) is 9.61 Å². The van der Waals surface area contributed by atoms with Crippen LogP contribution in [0.3, 0.4) is 0 Å². The summed E-state index contributed by atoms with van der Waals surface area (Å²) in [6, 6.07) is 6.90. The summed E-state index contributed by atoms with van der Waals surface area (Å²) in [6.07, 6.45) is 5.86. The molecule has 0 aliphatic heterocycles. The molecule has 11 heteroatoms. The number of fused-ring (bicyclic) bond motifs is 1. The highest BCUT2D eigenvalue weighted by molar-refractivity contribution is 5.66. The molecule has 3 heterocycles. The van der Waals surface area contributed by atoms with E-state index in [1.54, 1.807) is 24.7 Å². The van der Waals surface area contributed by atoms with E-state index in [2.05, 4.69) is 20.4 Å². The summed E-state index contributed by atoms with van der Waals surface area (Å²) in [6.45, 7) is 1.64. The van der Waals surface area contributed by atoms with Gasteiger partial charge < -0.3 is 26.0 Å². The van der Waals surface area contributed by atoms with Gasteiger partial charge in [0.1, 0.15) is 24.0 Å². The molecule has 0 bridgehead atoms. The summed E-state index contributed by atoms with van der Waals surface area (Å²) >= 11 is 0. The number of ether oxygens (including phenoxy) is 1. The second kappa shape index (κ2) is 10.4. The van der Waals surface area contributed by atoms with Crippen molar-refractivity contribution < 1.29 is 23.7 Å². The zero-order valence-electron chi connectivity index (χ0n) is 20.2. The fraction of sp³-hybridized carbons (Fsp3) is 0.346. The Kier molecular flexibility index (Phi) is 7.00. The number of hydrogen-bond donors (Lipinski definition) is 4. The summed E-state index contributed by atoms with van der Waals surface area (Å²) in [5.41, 5.74) is 8.29. The predicted molar refractivity (Wildman–Crippen MR) is 134 cm³/mol. The van der Waals surface area contributed by atoms with Crippen LogP contribution in [0.4, 0.5) is 20.4 Å². The Hall–Kier alpha value is -3.67. The standard InChI is InChI=1S/C26H28F2N6O3/c1-14-8-15(9-21(29)25(14)36)18-4-5-30-13-23(18)32-26-31-12-16-2-3-22(33-34(16)26)24-19(27)10-17(11-20(24)28)37-7-6-35/h2-5,10-15,21,25,35-36H,6-9,29H2,1H3,(H,31,32)/t14-,15+,21+,25+/m0/s1. The number of nitrogens with two attached hydrogens (primary N) is 1. The number of nitrogens with zero attached hydrogens (tertiary/aromatic N) is 4. The summed E-state index contributed by atoms with van der Waals surface area (Å²) in [4.78, 5) is 8.66. The number of hydrogen-bond acceptors (Lipinski definition) is 8. The molecule has 5 rings (SSSR count).